The number of aromatic nitrogens is 2. The van der Waals surface area contributed by atoms with Gasteiger partial charge in [0.1, 0.15) is 5.60 Å². The van der Waals surface area contributed by atoms with Crippen molar-refractivity contribution >= 4 is 11.9 Å². The molecule has 6 heteroatoms. The molecule has 0 unspecified atom stereocenters. The van der Waals surface area contributed by atoms with Gasteiger partial charge in [0.15, 0.2) is 0 Å². The molecule has 0 aliphatic carbocycles. The SMILES string of the molecule is Cc1nn(Cc2ccc(CC(=O)OC(C)(C)C)cc2)c(C)c1CC(=O)O. The second-order valence-corrected chi connectivity index (χ2v) is 7.46. The van der Waals surface area contributed by atoms with Crippen LogP contribution >= 0.6 is 0 Å². The van der Waals surface area contributed by atoms with Crippen LogP contribution in [-0.4, -0.2) is 32.4 Å². The quantitative estimate of drug-likeness (QED) is 0.803. The maximum atomic E-state index is 11.9. The van der Waals surface area contributed by atoms with E-state index in [0.29, 0.717) is 6.54 Å². The fraction of sp³-hybridized carbons (Fsp3) is 0.450. The van der Waals surface area contributed by atoms with Crippen LogP contribution in [0.25, 0.3) is 0 Å². The van der Waals surface area contributed by atoms with Crippen LogP contribution < -0.4 is 0 Å². The van der Waals surface area contributed by atoms with E-state index < -0.39 is 11.6 Å². The summed E-state index contributed by atoms with van der Waals surface area (Å²) in [5.74, 6) is -1.11. The van der Waals surface area contributed by atoms with Gasteiger partial charge in [0.05, 0.1) is 25.1 Å². The minimum atomic E-state index is -0.859. The number of nitrogens with zero attached hydrogens (tertiary/aromatic N) is 2. The second-order valence-electron chi connectivity index (χ2n) is 7.46. The predicted molar refractivity (Wildman–Crippen MR) is 98.1 cm³/mol. The first kappa shape index (κ1) is 19.7. The summed E-state index contributed by atoms with van der Waals surface area (Å²) in [6, 6.07) is 7.71. The lowest BCUT2D eigenvalue weighted by molar-refractivity contribution is -0.153. The van der Waals surface area contributed by atoms with Gasteiger partial charge < -0.3 is 9.84 Å². The third-order valence-electron chi connectivity index (χ3n) is 3.98. The lowest BCUT2D eigenvalue weighted by Crippen LogP contribution is -2.24. The van der Waals surface area contributed by atoms with Crippen molar-refractivity contribution in [1.82, 2.24) is 9.78 Å². The van der Waals surface area contributed by atoms with E-state index in [2.05, 4.69) is 5.10 Å². The number of benzene rings is 1. The number of esters is 1. The molecule has 0 amide bonds. The number of carboxylic acids is 1. The summed E-state index contributed by atoms with van der Waals surface area (Å²) in [6.45, 7) is 9.81. The van der Waals surface area contributed by atoms with E-state index in [1.165, 1.54) is 0 Å². The van der Waals surface area contributed by atoms with Gasteiger partial charge in [-0.2, -0.15) is 5.10 Å². The Bertz CT molecular complexity index is 798. The molecule has 6 nitrogen and oxygen atoms in total. The Morgan fingerprint density at radius 2 is 1.65 bits per heavy atom. The summed E-state index contributed by atoms with van der Waals surface area (Å²) in [5.41, 5.74) is 3.81. The first-order chi connectivity index (χ1) is 12.0. The van der Waals surface area contributed by atoms with Gasteiger partial charge in [-0.15, -0.1) is 0 Å². The molecule has 0 atom stereocenters. The van der Waals surface area contributed by atoms with Gasteiger partial charge in [-0.25, -0.2) is 0 Å². The topological polar surface area (TPSA) is 81.4 Å². The van der Waals surface area contributed by atoms with Crippen molar-refractivity contribution in [2.24, 2.45) is 0 Å². The van der Waals surface area contributed by atoms with Crippen LogP contribution in [0.3, 0.4) is 0 Å². The fourth-order valence-corrected chi connectivity index (χ4v) is 2.77. The number of hydrogen-bond acceptors (Lipinski definition) is 4. The molecule has 1 N–H and O–H groups in total. The zero-order valence-electron chi connectivity index (χ0n) is 16.0. The van der Waals surface area contributed by atoms with Crippen LogP contribution in [0.15, 0.2) is 24.3 Å². The molecule has 26 heavy (non-hydrogen) atoms. The number of aryl methyl sites for hydroxylation is 1. The molecule has 0 fully saturated rings. The Hall–Kier alpha value is -2.63. The smallest absolute Gasteiger partial charge is 0.310 e. The van der Waals surface area contributed by atoms with Crippen molar-refractivity contribution in [3.8, 4) is 0 Å². The molecule has 0 bridgehead atoms. The van der Waals surface area contributed by atoms with E-state index in [1.807, 2.05) is 63.6 Å². The highest BCUT2D eigenvalue weighted by atomic mass is 16.6. The van der Waals surface area contributed by atoms with Crippen molar-refractivity contribution in [2.45, 2.75) is 59.6 Å². The molecule has 2 aromatic rings. The van der Waals surface area contributed by atoms with Crippen molar-refractivity contribution in [2.75, 3.05) is 0 Å². The average Bonchev–Trinajstić information content (AvgIpc) is 2.74. The van der Waals surface area contributed by atoms with Crippen LogP contribution in [0.5, 0.6) is 0 Å². The lowest BCUT2D eigenvalue weighted by Gasteiger charge is -2.19. The molecule has 0 aliphatic rings. The van der Waals surface area contributed by atoms with E-state index in [1.54, 1.807) is 0 Å². The third-order valence-corrected chi connectivity index (χ3v) is 3.98. The zero-order chi connectivity index (χ0) is 19.5. The summed E-state index contributed by atoms with van der Waals surface area (Å²) in [6.07, 6.45) is 0.215. The minimum absolute atomic E-state index is 0.0213. The highest BCUT2D eigenvalue weighted by molar-refractivity contribution is 5.73. The molecule has 0 aliphatic heterocycles. The van der Waals surface area contributed by atoms with Crippen molar-refractivity contribution in [3.63, 3.8) is 0 Å². The summed E-state index contributed by atoms with van der Waals surface area (Å²) < 4.78 is 7.15. The van der Waals surface area contributed by atoms with Gasteiger partial charge >= 0.3 is 11.9 Å². The average molecular weight is 358 g/mol. The number of carbonyl (C=O) groups is 2. The third kappa shape index (κ3) is 5.44. The Balaban J connectivity index is 2.06. The highest BCUT2D eigenvalue weighted by Gasteiger charge is 2.17. The molecule has 1 aromatic carbocycles. The van der Waals surface area contributed by atoms with E-state index in [9.17, 15) is 9.59 Å². The minimum Gasteiger partial charge on any atom is -0.481 e. The van der Waals surface area contributed by atoms with Gasteiger partial charge in [0, 0.05) is 11.3 Å². The number of carboxylic acid groups (broad SMARTS) is 1. The molecule has 0 saturated heterocycles. The number of rotatable bonds is 6. The largest absolute Gasteiger partial charge is 0.481 e. The van der Waals surface area contributed by atoms with E-state index in [-0.39, 0.29) is 18.8 Å². The molecule has 0 saturated carbocycles. The van der Waals surface area contributed by atoms with Crippen LogP contribution in [-0.2, 0) is 33.7 Å². The monoisotopic (exact) mass is 358 g/mol. The van der Waals surface area contributed by atoms with Gasteiger partial charge in [-0.05, 0) is 45.7 Å². The fourth-order valence-electron chi connectivity index (χ4n) is 2.77. The van der Waals surface area contributed by atoms with E-state index in [4.69, 9.17) is 9.84 Å². The first-order valence-corrected chi connectivity index (χ1v) is 8.59. The zero-order valence-corrected chi connectivity index (χ0v) is 16.0. The summed E-state index contributed by atoms with van der Waals surface area (Å²) >= 11 is 0. The van der Waals surface area contributed by atoms with Crippen molar-refractivity contribution < 1.29 is 19.4 Å². The van der Waals surface area contributed by atoms with Crippen molar-refractivity contribution in [1.29, 1.82) is 0 Å². The standard InChI is InChI=1S/C20H26N2O4/c1-13-17(11-18(23)24)14(2)22(21-13)12-16-8-6-15(7-9-16)10-19(25)26-20(3,4)5/h6-9H,10-12H2,1-5H3,(H,23,24). The Kier molecular flexibility index (Phi) is 5.85. The summed E-state index contributed by atoms with van der Waals surface area (Å²) in [4.78, 5) is 22.9. The summed E-state index contributed by atoms with van der Waals surface area (Å²) in [5, 5.41) is 13.5. The Morgan fingerprint density at radius 1 is 1.08 bits per heavy atom. The molecule has 0 radical (unpaired) electrons. The number of carbonyl (C=O) groups excluding carboxylic acids is 1. The van der Waals surface area contributed by atoms with E-state index >= 15 is 0 Å². The van der Waals surface area contributed by atoms with Gasteiger partial charge in [-0.3, -0.25) is 14.3 Å². The molecule has 140 valence electrons. The number of aliphatic carboxylic acids is 1. The molecule has 1 aromatic heterocycles. The predicted octanol–water partition coefficient (Wildman–Crippen LogP) is 3.06. The van der Waals surface area contributed by atoms with Gasteiger partial charge in [0.2, 0.25) is 0 Å². The molecular weight excluding hydrogens is 332 g/mol. The number of ether oxygens (including phenoxy) is 1. The lowest BCUT2D eigenvalue weighted by atomic mass is 10.1. The van der Waals surface area contributed by atoms with Crippen LogP contribution in [0, 0.1) is 13.8 Å². The molecular formula is C20H26N2O4. The Morgan fingerprint density at radius 3 is 2.19 bits per heavy atom. The molecule has 0 spiro atoms. The van der Waals surface area contributed by atoms with Crippen LogP contribution in [0.4, 0.5) is 0 Å². The normalized spacial score (nSPS) is 11.4. The van der Waals surface area contributed by atoms with Gasteiger partial charge in [-0.1, -0.05) is 24.3 Å². The highest BCUT2D eigenvalue weighted by Crippen LogP contribution is 2.16. The van der Waals surface area contributed by atoms with Gasteiger partial charge in [0.25, 0.3) is 0 Å². The van der Waals surface area contributed by atoms with Crippen LogP contribution in [0.1, 0.15) is 48.8 Å². The first-order valence-electron chi connectivity index (χ1n) is 8.59. The maximum Gasteiger partial charge on any atom is 0.310 e. The maximum absolute atomic E-state index is 11.9. The Labute approximate surface area is 153 Å². The number of hydrogen-bond donors (Lipinski definition) is 1. The second kappa shape index (κ2) is 7.72. The summed E-state index contributed by atoms with van der Waals surface area (Å²) in [7, 11) is 0. The van der Waals surface area contributed by atoms with Crippen molar-refractivity contribution in [3.05, 3.63) is 52.3 Å². The molecule has 1 heterocycles. The van der Waals surface area contributed by atoms with E-state index in [0.717, 1.165) is 28.1 Å². The van der Waals surface area contributed by atoms with Crippen LogP contribution in [0.2, 0.25) is 0 Å². The molecule has 2 rings (SSSR count).